The first-order chi connectivity index (χ1) is 12.5. The van der Waals surface area contributed by atoms with Crippen molar-refractivity contribution < 1.29 is 13.9 Å². The predicted molar refractivity (Wildman–Crippen MR) is 102 cm³/mol. The van der Waals surface area contributed by atoms with E-state index in [1.165, 1.54) is 0 Å². The summed E-state index contributed by atoms with van der Waals surface area (Å²) in [6.45, 7) is 8.45. The van der Waals surface area contributed by atoms with E-state index in [1.54, 1.807) is 6.26 Å². The van der Waals surface area contributed by atoms with E-state index in [-0.39, 0.29) is 12.0 Å². The van der Waals surface area contributed by atoms with Crippen LogP contribution in [0.2, 0.25) is 0 Å². The van der Waals surface area contributed by atoms with Crippen molar-refractivity contribution in [2.75, 3.05) is 5.32 Å². The smallest absolute Gasteiger partial charge is 0.257 e. The summed E-state index contributed by atoms with van der Waals surface area (Å²) in [4.78, 5) is 12.8. The van der Waals surface area contributed by atoms with Crippen LogP contribution in [-0.2, 0) is 6.54 Å². The maximum absolute atomic E-state index is 12.8. The van der Waals surface area contributed by atoms with Gasteiger partial charge in [0.05, 0.1) is 30.2 Å². The van der Waals surface area contributed by atoms with Gasteiger partial charge in [-0.25, -0.2) is 0 Å². The largest absolute Gasteiger partial charge is 0.489 e. The lowest BCUT2D eigenvalue weighted by molar-refractivity contribution is 0.102. The normalized spacial score (nSPS) is 11.0. The third kappa shape index (κ3) is 3.82. The molecule has 0 atom stereocenters. The van der Waals surface area contributed by atoms with Gasteiger partial charge in [0.1, 0.15) is 11.5 Å². The second kappa shape index (κ2) is 7.52. The predicted octanol–water partition coefficient (Wildman–Crippen LogP) is 4.79. The number of hydrogen-bond donors (Lipinski definition) is 1. The van der Waals surface area contributed by atoms with Gasteiger partial charge in [0.2, 0.25) is 0 Å². The number of aromatic nitrogens is 1. The van der Waals surface area contributed by atoms with Gasteiger partial charge in [-0.1, -0.05) is 12.1 Å². The van der Waals surface area contributed by atoms with Crippen molar-refractivity contribution in [3.05, 3.63) is 71.4 Å². The van der Waals surface area contributed by atoms with E-state index in [0.717, 1.165) is 17.1 Å². The van der Waals surface area contributed by atoms with Gasteiger partial charge in [-0.15, -0.1) is 0 Å². The van der Waals surface area contributed by atoms with Crippen molar-refractivity contribution in [2.45, 2.75) is 40.3 Å². The monoisotopic (exact) mass is 352 g/mol. The van der Waals surface area contributed by atoms with Gasteiger partial charge in [0.25, 0.3) is 5.91 Å². The molecule has 0 fully saturated rings. The number of nitrogens with zero attached hydrogens (tertiary/aromatic N) is 1. The molecule has 0 unspecified atom stereocenters. The highest BCUT2D eigenvalue weighted by atomic mass is 16.5. The average molecular weight is 352 g/mol. The lowest BCUT2D eigenvalue weighted by atomic mass is 10.2. The van der Waals surface area contributed by atoms with Crippen molar-refractivity contribution >= 4 is 11.6 Å². The molecule has 0 saturated carbocycles. The number of hydrogen-bond acceptors (Lipinski definition) is 3. The molecule has 0 aliphatic heterocycles. The topological polar surface area (TPSA) is 56.4 Å². The number of carbonyl (C=O) groups is 1. The van der Waals surface area contributed by atoms with Crippen LogP contribution in [0.15, 0.2) is 53.1 Å². The zero-order valence-corrected chi connectivity index (χ0v) is 15.6. The number of benzene rings is 1. The van der Waals surface area contributed by atoms with Gasteiger partial charge >= 0.3 is 0 Å². The molecule has 2 heterocycles. The number of amides is 1. The molecule has 0 spiro atoms. The minimum absolute atomic E-state index is 0.0337. The molecule has 26 heavy (non-hydrogen) atoms. The zero-order valence-electron chi connectivity index (χ0n) is 15.6. The highest BCUT2D eigenvalue weighted by Crippen LogP contribution is 2.26. The summed E-state index contributed by atoms with van der Waals surface area (Å²) in [6, 6.07) is 13.2. The standard InChI is InChI=1S/C21H24N2O3/c1-14(2)26-20-10-6-5-9-19(20)22-21(24)18-12-15(3)23(16(18)4)13-17-8-7-11-25-17/h5-12,14H,13H2,1-4H3,(H,22,24). The van der Waals surface area contributed by atoms with Crippen LogP contribution in [0.3, 0.4) is 0 Å². The second-order valence-electron chi connectivity index (χ2n) is 6.57. The van der Waals surface area contributed by atoms with Crippen molar-refractivity contribution in [1.29, 1.82) is 0 Å². The molecule has 0 aliphatic carbocycles. The van der Waals surface area contributed by atoms with E-state index in [4.69, 9.17) is 9.15 Å². The minimum Gasteiger partial charge on any atom is -0.489 e. The molecule has 136 valence electrons. The molecule has 0 saturated heterocycles. The van der Waals surface area contributed by atoms with Crippen molar-refractivity contribution in [3.8, 4) is 5.75 Å². The van der Waals surface area contributed by atoms with E-state index in [1.807, 2.05) is 70.2 Å². The number of nitrogens with one attached hydrogen (secondary N) is 1. The van der Waals surface area contributed by atoms with Crippen LogP contribution in [0.5, 0.6) is 5.75 Å². The van der Waals surface area contributed by atoms with Crippen LogP contribution >= 0.6 is 0 Å². The third-order valence-electron chi connectivity index (χ3n) is 4.21. The summed E-state index contributed by atoms with van der Waals surface area (Å²) in [5.41, 5.74) is 3.23. The number of ether oxygens (including phenoxy) is 1. The first-order valence-electron chi connectivity index (χ1n) is 8.72. The van der Waals surface area contributed by atoms with E-state index in [0.29, 0.717) is 23.5 Å². The molecule has 5 nitrogen and oxygen atoms in total. The highest BCUT2D eigenvalue weighted by molar-refractivity contribution is 6.06. The number of rotatable bonds is 6. The van der Waals surface area contributed by atoms with Crippen LogP contribution in [0.1, 0.15) is 41.4 Å². The Labute approximate surface area is 153 Å². The molecule has 0 bridgehead atoms. The Kier molecular flexibility index (Phi) is 5.16. The highest BCUT2D eigenvalue weighted by Gasteiger charge is 2.18. The number of aryl methyl sites for hydroxylation is 1. The molecule has 0 radical (unpaired) electrons. The number of para-hydroxylation sites is 2. The molecule has 5 heteroatoms. The molecule has 3 rings (SSSR count). The Hall–Kier alpha value is -2.95. The van der Waals surface area contributed by atoms with E-state index < -0.39 is 0 Å². The quantitative estimate of drug-likeness (QED) is 0.694. The Bertz CT molecular complexity index is 892. The molecule has 2 aromatic heterocycles. The summed E-state index contributed by atoms with van der Waals surface area (Å²) < 4.78 is 13.3. The van der Waals surface area contributed by atoms with Crippen molar-refractivity contribution in [1.82, 2.24) is 4.57 Å². The van der Waals surface area contributed by atoms with Crippen LogP contribution in [-0.4, -0.2) is 16.6 Å². The van der Waals surface area contributed by atoms with Crippen LogP contribution < -0.4 is 10.1 Å². The van der Waals surface area contributed by atoms with E-state index in [9.17, 15) is 4.79 Å². The van der Waals surface area contributed by atoms with Gasteiger partial charge in [-0.3, -0.25) is 4.79 Å². The van der Waals surface area contributed by atoms with Crippen LogP contribution in [0.4, 0.5) is 5.69 Å². The van der Waals surface area contributed by atoms with Crippen LogP contribution in [0, 0.1) is 13.8 Å². The lowest BCUT2D eigenvalue weighted by Gasteiger charge is -2.15. The van der Waals surface area contributed by atoms with E-state index in [2.05, 4.69) is 9.88 Å². The Morgan fingerprint density at radius 2 is 1.96 bits per heavy atom. The second-order valence-corrected chi connectivity index (χ2v) is 6.57. The zero-order chi connectivity index (χ0) is 18.7. The average Bonchev–Trinajstić information content (AvgIpc) is 3.20. The van der Waals surface area contributed by atoms with Gasteiger partial charge in [0.15, 0.2) is 0 Å². The first kappa shape index (κ1) is 17.9. The molecular formula is C21H24N2O3. The van der Waals surface area contributed by atoms with Crippen molar-refractivity contribution in [3.63, 3.8) is 0 Å². The van der Waals surface area contributed by atoms with Crippen LogP contribution in [0.25, 0.3) is 0 Å². The molecular weight excluding hydrogens is 328 g/mol. The summed E-state index contributed by atoms with van der Waals surface area (Å²) in [5.74, 6) is 1.37. The summed E-state index contributed by atoms with van der Waals surface area (Å²) in [5, 5.41) is 2.97. The van der Waals surface area contributed by atoms with Gasteiger partial charge in [-0.05, 0) is 58.0 Å². The number of carbonyl (C=O) groups excluding carboxylic acids is 1. The number of anilines is 1. The lowest BCUT2D eigenvalue weighted by Crippen LogP contribution is -2.15. The third-order valence-corrected chi connectivity index (χ3v) is 4.21. The van der Waals surface area contributed by atoms with Gasteiger partial charge in [0, 0.05) is 11.4 Å². The Morgan fingerprint density at radius 3 is 2.65 bits per heavy atom. The SMILES string of the molecule is Cc1cc(C(=O)Nc2ccccc2OC(C)C)c(C)n1Cc1ccco1. The maximum Gasteiger partial charge on any atom is 0.257 e. The maximum atomic E-state index is 12.8. The fourth-order valence-corrected chi connectivity index (χ4v) is 2.95. The Balaban J connectivity index is 1.83. The molecule has 1 aromatic carbocycles. The molecule has 0 aliphatic rings. The number of furan rings is 1. The molecule has 1 N–H and O–H groups in total. The first-order valence-corrected chi connectivity index (χ1v) is 8.72. The summed E-state index contributed by atoms with van der Waals surface area (Å²) in [6.07, 6.45) is 1.69. The summed E-state index contributed by atoms with van der Waals surface area (Å²) in [7, 11) is 0. The fraction of sp³-hybridized carbons (Fsp3) is 0.286. The molecule has 1 amide bonds. The van der Waals surface area contributed by atoms with Crippen molar-refractivity contribution in [2.24, 2.45) is 0 Å². The van der Waals surface area contributed by atoms with Gasteiger partial charge in [-0.2, -0.15) is 0 Å². The molecule has 3 aromatic rings. The fourth-order valence-electron chi connectivity index (χ4n) is 2.95. The Morgan fingerprint density at radius 1 is 1.19 bits per heavy atom. The minimum atomic E-state index is -0.149. The summed E-state index contributed by atoms with van der Waals surface area (Å²) >= 11 is 0. The van der Waals surface area contributed by atoms with E-state index >= 15 is 0 Å². The van der Waals surface area contributed by atoms with Gasteiger partial charge < -0.3 is 19.0 Å².